The number of aliphatic hydroxyl groups excluding tert-OH is 1. The maximum atomic E-state index is 11.4. The molecule has 0 aromatic carbocycles. The van der Waals surface area contributed by atoms with Crippen molar-refractivity contribution in [3.05, 3.63) is 0 Å². The topological polar surface area (TPSA) is 108 Å². The number of aliphatic carboxylic acids is 1. The minimum atomic E-state index is -1.57. The summed E-state index contributed by atoms with van der Waals surface area (Å²) in [6.07, 6.45) is 1.55. The molecule has 0 aromatic heterocycles. The molecule has 4 atom stereocenters. The first-order valence-corrected chi connectivity index (χ1v) is 5.67. The molecule has 4 N–H and O–H groups in total. The van der Waals surface area contributed by atoms with Gasteiger partial charge in [0.1, 0.15) is 0 Å². The summed E-state index contributed by atoms with van der Waals surface area (Å²) in [5, 5.41) is 22.4. The van der Waals surface area contributed by atoms with Crippen LogP contribution in [0.2, 0.25) is 0 Å². The standard InChI is InChI=1S/C10H16N2O5/c13-7(9(14)15)4-11-10(16)12-6-3-5-1-2-8(6)17-5/h5-8,13H,1-4H2,(H,14,15)(H2,11,12,16). The van der Waals surface area contributed by atoms with E-state index in [0.717, 1.165) is 19.3 Å². The van der Waals surface area contributed by atoms with Crippen LogP contribution in [0.3, 0.4) is 0 Å². The monoisotopic (exact) mass is 244 g/mol. The van der Waals surface area contributed by atoms with Gasteiger partial charge >= 0.3 is 12.0 Å². The molecule has 2 fully saturated rings. The molecule has 96 valence electrons. The molecule has 2 amide bonds. The van der Waals surface area contributed by atoms with Crippen LogP contribution in [0.4, 0.5) is 4.79 Å². The van der Waals surface area contributed by atoms with Crippen molar-refractivity contribution in [1.29, 1.82) is 0 Å². The first kappa shape index (κ1) is 12.1. The molecule has 4 unspecified atom stereocenters. The predicted molar refractivity (Wildman–Crippen MR) is 56.5 cm³/mol. The number of aliphatic hydroxyl groups is 1. The second kappa shape index (κ2) is 4.89. The molecular weight excluding hydrogens is 228 g/mol. The highest BCUT2D eigenvalue weighted by atomic mass is 16.5. The van der Waals surface area contributed by atoms with Crippen LogP contribution in [-0.2, 0) is 9.53 Å². The van der Waals surface area contributed by atoms with Gasteiger partial charge in [0.25, 0.3) is 0 Å². The fourth-order valence-electron chi connectivity index (χ4n) is 2.29. The molecule has 2 bridgehead atoms. The van der Waals surface area contributed by atoms with Crippen molar-refractivity contribution < 1.29 is 24.5 Å². The summed E-state index contributed by atoms with van der Waals surface area (Å²) >= 11 is 0. The highest BCUT2D eigenvalue weighted by Gasteiger charge is 2.41. The maximum Gasteiger partial charge on any atom is 0.334 e. The van der Waals surface area contributed by atoms with Crippen LogP contribution < -0.4 is 10.6 Å². The number of carbonyl (C=O) groups is 2. The summed E-state index contributed by atoms with van der Waals surface area (Å²) in [6.45, 7) is -0.303. The van der Waals surface area contributed by atoms with Gasteiger partial charge in [0.15, 0.2) is 6.10 Å². The highest BCUT2D eigenvalue weighted by Crippen LogP contribution is 2.34. The zero-order chi connectivity index (χ0) is 12.4. The van der Waals surface area contributed by atoms with E-state index in [1.54, 1.807) is 0 Å². The van der Waals surface area contributed by atoms with E-state index in [9.17, 15) is 9.59 Å². The molecule has 0 spiro atoms. The van der Waals surface area contributed by atoms with Crippen LogP contribution in [0.1, 0.15) is 19.3 Å². The zero-order valence-corrected chi connectivity index (χ0v) is 9.26. The largest absolute Gasteiger partial charge is 0.479 e. The van der Waals surface area contributed by atoms with Gasteiger partial charge < -0.3 is 25.6 Å². The van der Waals surface area contributed by atoms with E-state index in [1.807, 2.05) is 0 Å². The molecule has 7 heteroatoms. The Bertz CT molecular complexity index is 322. The van der Waals surface area contributed by atoms with E-state index in [0.29, 0.717) is 0 Å². The number of nitrogens with one attached hydrogen (secondary N) is 2. The summed E-state index contributed by atoms with van der Waals surface area (Å²) in [5.74, 6) is -1.35. The molecule has 0 saturated carbocycles. The summed E-state index contributed by atoms with van der Waals surface area (Å²) in [5.41, 5.74) is 0. The molecule has 0 aromatic rings. The number of rotatable bonds is 4. The van der Waals surface area contributed by atoms with Gasteiger partial charge in [0.05, 0.1) is 24.8 Å². The van der Waals surface area contributed by atoms with Crippen molar-refractivity contribution >= 4 is 12.0 Å². The number of ether oxygens (including phenoxy) is 1. The van der Waals surface area contributed by atoms with Crippen LogP contribution in [0.5, 0.6) is 0 Å². The lowest BCUT2D eigenvalue weighted by molar-refractivity contribution is -0.146. The minimum Gasteiger partial charge on any atom is -0.479 e. The minimum absolute atomic E-state index is 0.00396. The Morgan fingerprint density at radius 1 is 1.41 bits per heavy atom. The first-order valence-electron chi connectivity index (χ1n) is 5.67. The smallest absolute Gasteiger partial charge is 0.334 e. The third-order valence-electron chi connectivity index (χ3n) is 3.16. The van der Waals surface area contributed by atoms with Crippen molar-refractivity contribution in [2.24, 2.45) is 0 Å². The van der Waals surface area contributed by atoms with Crippen LogP contribution in [0, 0.1) is 0 Å². The number of hydrogen-bond acceptors (Lipinski definition) is 4. The maximum absolute atomic E-state index is 11.4. The Kier molecular flexibility index (Phi) is 3.49. The molecule has 2 aliphatic heterocycles. The Hall–Kier alpha value is -1.34. The molecule has 2 aliphatic rings. The number of carboxylic acid groups (broad SMARTS) is 1. The number of carbonyl (C=O) groups excluding carboxylic acids is 1. The van der Waals surface area contributed by atoms with Crippen LogP contribution in [-0.4, -0.2) is 53.1 Å². The van der Waals surface area contributed by atoms with Gasteiger partial charge in [-0.25, -0.2) is 9.59 Å². The van der Waals surface area contributed by atoms with E-state index in [2.05, 4.69) is 10.6 Å². The number of fused-ring (bicyclic) bond motifs is 2. The van der Waals surface area contributed by atoms with E-state index in [4.69, 9.17) is 14.9 Å². The van der Waals surface area contributed by atoms with Gasteiger partial charge in [-0.3, -0.25) is 0 Å². The molecule has 17 heavy (non-hydrogen) atoms. The first-order chi connectivity index (χ1) is 8.06. The second-order valence-corrected chi connectivity index (χ2v) is 4.42. The van der Waals surface area contributed by atoms with Crippen molar-refractivity contribution in [3.8, 4) is 0 Å². The Labute approximate surface area is 98.1 Å². The van der Waals surface area contributed by atoms with E-state index in [-0.39, 0.29) is 24.8 Å². The zero-order valence-electron chi connectivity index (χ0n) is 9.26. The van der Waals surface area contributed by atoms with Gasteiger partial charge in [-0.15, -0.1) is 0 Å². The lowest BCUT2D eigenvalue weighted by Crippen LogP contribution is -2.48. The third-order valence-corrected chi connectivity index (χ3v) is 3.16. The van der Waals surface area contributed by atoms with Crippen LogP contribution >= 0.6 is 0 Å². The third kappa shape index (κ3) is 2.86. The molecule has 7 nitrogen and oxygen atoms in total. The van der Waals surface area contributed by atoms with E-state index >= 15 is 0 Å². The summed E-state index contributed by atoms with van der Waals surface area (Å²) in [7, 11) is 0. The second-order valence-electron chi connectivity index (χ2n) is 4.42. The Morgan fingerprint density at radius 3 is 2.71 bits per heavy atom. The van der Waals surface area contributed by atoms with Gasteiger partial charge in [-0.2, -0.15) is 0 Å². The average molecular weight is 244 g/mol. The van der Waals surface area contributed by atoms with Crippen molar-refractivity contribution in [1.82, 2.24) is 10.6 Å². The molecule has 0 radical (unpaired) electrons. The van der Waals surface area contributed by atoms with Crippen molar-refractivity contribution in [2.45, 2.75) is 43.6 Å². The van der Waals surface area contributed by atoms with Gasteiger partial charge in [0, 0.05) is 0 Å². The number of carboxylic acids is 1. The summed E-state index contributed by atoms with van der Waals surface area (Å²) < 4.78 is 5.56. The van der Waals surface area contributed by atoms with Crippen LogP contribution in [0.15, 0.2) is 0 Å². The van der Waals surface area contributed by atoms with Crippen LogP contribution in [0.25, 0.3) is 0 Å². The van der Waals surface area contributed by atoms with Gasteiger partial charge in [0.2, 0.25) is 0 Å². The summed E-state index contributed by atoms with van der Waals surface area (Å²) in [6, 6.07) is -0.470. The molecule has 0 aliphatic carbocycles. The fourth-order valence-corrected chi connectivity index (χ4v) is 2.29. The number of amides is 2. The molecule has 2 saturated heterocycles. The SMILES string of the molecule is O=C(NCC(O)C(=O)O)NC1CC2CCC1O2. The molecular formula is C10H16N2O5. The van der Waals surface area contributed by atoms with Crippen molar-refractivity contribution in [2.75, 3.05) is 6.54 Å². The Balaban J connectivity index is 1.69. The van der Waals surface area contributed by atoms with Gasteiger partial charge in [-0.05, 0) is 19.3 Å². The molecule has 2 heterocycles. The lowest BCUT2D eigenvalue weighted by Gasteiger charge is -2.20. The average Bonchev–Trinajstić information content (AvgIpc) is 2.87. The Morgan fingerprint density at radius 2 is 2.18 bits per heavy atom. The number of hydrogen-bond donors (Lipinski definition) is 4. The van der Waals surface area contributed by atoms with E-state index < -0.39 is 18.1 Å². The highest BCUT2D eigenvalue weighted by molar-refractivity contribution is 5.76. The fraction of sp³-hybridized carbons (Fsp3) is 0.800. The summed E-state index contributed by atoms with van der Waals surface area (Å²) in [4.78, 5) is 21.7. The quantitative estimate of drug-likeness (QED) is 0.510. The normalized spacial score (nSPS) is 32.2. The van der Waals surface area contributed by atoms with Crippen molar-refractivity contribution in [3.63, 3.8) is 0 Å². The van der Waals surface area contributed by atoms with Gasteiger partial charge in [-0.1, -0.05) is 0 Å². The molecule has 2 rings (SSSR count). The number of urea groups is 1. The lowest BCUT2D eigenvalue weighted by atomic mass is 9.96. The van der Waals surface area contributed by atoms with E-state index in [1.165, 1.54) is 0 Å². The predicted octanol–water partition coefficient (Wildman–Crippen LogP) is -0.949.